The first-order valence-electron chi connectivity index (χ1n) is 8.45. The smallest absolute Gasteiger partial charge is 0.191 e. The van der Waals surface area contributed by atoms with Crippen molar-refractivity contribution in [2.24, 2.45) is 4.99 Å². The van der Waals surface area contributed by atoms with Gasteiger partial charge in [-0.3, -0.25) is 4.99 Å². The van der Waals surface area contributed by atoms with Gasteiger partial charge in [-0.05, 0) is 33.6 Å². The second kappa shape index (κ2) is 9.47. The highest BCUT2D eigenvalue weighted by atomic mass is 32.2. The average molecular weight is 350 g/mol. The van der Waals surface area contributed by atoms with Crippen LogP contribution in [0.2, 0.25) is 0 Å². The molecule has 0 amide bonds. The van der Waals surface area contributed by atoms with Gasteiger partial charge in [-0.2, -0.15) is 0 Å². The fourth-order valence-corrected chi connectivity index (χ4v) is 2.54. The molecule has 0 unspecified atom stereocenters. The number of nitrogens with zero attached hydrogens (tertiary/aromatic N) is 1. The fraction of sp³-hybridized carbons (Fsp3) is 0.938. The van der Waals surface area contributed by atoms with Gasteiger partial charge in [-0.25, -0.2) is 8.42 Å². The zero-order chi connectivity index (χ0) is 18.1. The molecule has 0 aliphatic rings. The Morgan fingerprint density at radius 1 is 1.09 bits per heavy atom. The van der Waals surface area contributed by atoms with Gasteiger partial charge in [0.15, 0.2) is 15.8 Å². The first-order valence-corrected chi connectivity index (χ1v) is 10.3. The van der Waals surface area contributed by atoms with Gasteiger partial charge in [0.25, 0.3) is 0 Å². The maximum atomic E-state index is 11.8. The number of hydrogen-bond donors (Lipinski definition) is 3. The lowest BCUT2D eigenvalue weighted by Crippen LogP contribution is -2.48. The lowest BCUT2D eigenvalue weighted by Gasteiger charge is -2.27. The van der Waals surface area contributed by atoms with Crippen molar-refractivity contribution in [2.75, 3.05) is 25.9 Å². The minimum absolute atomic E-state index is 0.262. The highest BCUT2D eigenvalue weighted by Gasteiger charge is 2.30. The van der Waals surface area contributed by atoms with Crippen molar-refractivity contribution in [1.29, 1.82) is 0 Å². The van der Waals surface area contributed by atoms with Crippen molar-refractivity contribution < 1.29 is 13.5 Å². The second-order valence-corrected chi connectivity index (χ2v) is 9.45. The summed E-state index contributed by atoms with van der Waals surface area (Å²) in [5.74, 6) is 0.537. The van der Waals surface area contributed by atoms with Crippen LogP contribution >= 0.6 is 0 Å². The minimum atomic E-state index is -3.17. The van der Waals surface area contributed by atoms with Crippen LogP contribution in [-0.4, -0.2) is 55.7 Å². The molecule has 0 spiro atoms. The van der Waals surface area contributed by atoms with Crippen molar-refractivity contribution in [3.63, 3.8) is 0 Å². The summed E-state index contributed by atoms with van der Waals surface area (Å²) >= 11 is 0. The Hall–Kier alpha value is -0.820. The summed E-state index contributed by atoms with van der Waals surface area (Å²) in [5.41, 5.74) is -0.793. The topological polar surface area (TPSA) is 90.8 Å². The summed E-state index contributed by atoms with van der Waals surface area (Å²) in [6.07, 6.45) is 4.45. The van der Waals surface area contributed by atoms with Gasteiger partial charge in [0.1, 0.15) is 0 Å². The predicted molar refractivity (Wildman–Crippen MR) is 97.7 cm³/mol. The van der Waals surface area contributed by atoms with Gasteiger partial charge in [0.05, 0.1) is 16.9 Å². The van der Waals surface area contributed by atoms with Crippen LogP contribution in [0.3, 0.4) is 0 Å². The lowest BCUT2D eigenvalue weighted by molar-refractivity contribution is 0.0306. The number of nitrogens with one attached hydrogen (secondary N) is 2. The highest BCUT2D eigenvalue weighted by Crippen LogP contribution is 2.20. The molecular formula is C16H35N3O3S. The van der Waals surface area contributed by atoms with Crippen LogP contribution in [0.1, 0.15) is 60.3 Å². The molecule has 0 atom stereocenters. The number of aliphatic hydroxyl groups is 1. The number of guanidine groups is 1. The molecular weight excluding hydrogens is 314 g/mol. The van der Waals surface area contributed by atoms with Crippen LogP contribution < -0.4 is 10.6 Å². The molecule has 0 heterocycles. The van der Waals surface area contributed by atoms with E-state index in [9.17, 15) is 13.5 Å². The van der Waals surface area contributed by atoms with Crippen LogP contribution in [0.5, 0.6) is 0 Å². The maximum Gasteiger partial charge on any atom is 0.191 e. The first kappa shape index (κ1) is 22.2. The molecule has 7 heteroatoms. The Kier molecular flexibility index (Phi) is 9.13. The van der Waals surface area contributed by atoms with Crippen molar-refractivity contribution in [2.45, 2.75) is 70.7 Å². The van der Waals surface area contributed by atoms with E-state index in [4.69, 9.17) is 0 Å². The maximum absolute atomic E-state index is 11.8. The van der Waals surface area contributed by atoms with E-state index < -0.39 is 20.2 Å². The van der Waals surface area contributed by atoms with E-state index in [0.29, 0.717) is 31.9 Å². The SMILES string of the molecule is CCCC(O)(CCC)CN=C(NCC)NCC(C)(C)S(C)(=O)=O. The van der Waals surface area contributed by atoms with E-state index >= 15 is 0 Å². The highest BCUT2D eigenvalue weighted by molar-refractivity contribution is 7.92. The minimum Gasteiger partial charge on any atom is -0.388 e. The van der Waals surface area contributed by atoms with Gasteiger partial charge >= 0.3 is 0 Å². The molecule has 0 saturated carbocycles. The second-order valence-electron chi connectivity index (χ2n) is 6.80. The molecule has 0 fully saturated rings. The van der Waals surface area contributed by atoms with Crippen LogP contribution in [0.4, 0.5) is 0 Å². The van der Waals surface area contributed by atoms with Crippen molar-refractivity contribution in [3.05, 3.63) is 0 Å². The third kappa shape index (κ3) is 8.01. The Bertz CT molecular complexity index is 467. The molecule has 23 heavy (non-hydrogen) atoms. The number of hydrogen-bond acceptors (Lipinski definition) is 4. The predicted octanol–water partition coefficient (Wildman–Crippen LogP) is 1.70. The van der Waals surface area contributed by atoms with Crippen LogP contribution in [-0.2, 0) is 9.84 Å². The molecule has 0 bridgehead atoms. The van der Waals surface area contributed by atoms with E-state index in [0.717, 1.165) is 12.8 Å². The average Bonchev–Trinajstić information content (AvgIpc) is 2.41. The lowest BCUT2D eigenvalue weighted by atomic mass is 9.93. The van der Waals surface area contributed by atoms with Gasteiger partial charge in [0.2, 0.25) is 0 Å². The largest absolute Gasteiger partial charge is 0.388 e. The summed E-state index contributed by atoms with van der Waals surface area (Å²) in [7, 11) is -3.17. The zero-order valence-electron chi connectivity index (χ0n) is 15.6. The van der Waals surface area contributed by atoms with Gasteiger partial charge < -0.3 is 15.7 Å². The molecule has 0 aliphatic carbocycles. The normalized spacial score (nSPS) is 14.0. The van der Waals surface area contributed by atoms with E-state index in [1.807, 2.05) is 20.8 Å². The van der Waals surface area contributed by atoms with Crippen LogP contribution in [0, 0.1) is 0 Å². The molecule has 0 rings (SSSR count). The summed E-state index contributed by atoms with van der Waals surface area (Å²) in [6.45, 7) is 10.6. The molecule has 138 valence electrons. The summed E-state index contributed by atoms with van der Waals surface area (Å²) in [4.78, 5) is 4.46. The van der Waals surface area contributed by atoms with Gasteiger partial charge in [-0.1, -0.05) is 26.7 Å². The van der Waals surface area contributed by atoms with Gasteiger partial charge in [-0.15, -0.1) is 0 Å². The first-order chi connectivity index (χ1) is 10.5. The van der Waals surface area contributed by atoms with E-state index in [1.165, 1.54) is 6.26 Å². The van der Waals surface area contributed by atoms with E-state index in [1.54, 1.807) is 13.8 Å². The Morgan fingerprint density at radius 3 is 2.00 bits per heavy atom. The molecule has 6 nitrogen and oxygen atoms in total. The van der Waals surface area contributed by atoms with Crippen LogP contribution in [0.25, 0.3) is 0 Å². The summed E-state index contributed by atoms with van der Waals surface area (Å²) < 4.78 is 22.7. The monoisotopic (exact) mass is 349 g/mol. The van der Waals surface area contributed by atoms with Crippen LogP contribution in [0.15, 0.2) is 4.99 Å². The molecule has 0 aromatic rings. The number of rotatable bonds is 10. The molecule has 0 aromatic carbocycles. The Balaban J connectivity index is 4.96. The quantitative estimate of drug-likeness (QED) is 0.412. The van der Waals surface area contributed by atoms with Gasteiger partial charge in [0, 0.05) is 19.3 Å². The molecule has 0 radical (unpaired) electrons. The van der Waals surface area contributed by atoms with Crippen molar-refractivity contribution in [3.8, 4) is 0 Å². The zero-order valence-corrected chi connectivity index (χ0v) is 16.4. The molecule has 3 N–H and O–H groups in total. The molecule has 0 aromatic heterocycles. The summed E-state index contributed by atoms with van der Waals surface area (Å²) in [6, 6.07) is 0. The fourth-order valence-electron chi connectivity index (χ4n) is 2.21. The molecule has 0 aliphatic heterocycles. The van der Waals surface area contributed by atoms with E-state index in [-0.39, 0.29) is 6.54 Å². The van der Waals surface area contributed by atoms with E-state index in [2.05, 4.69) is 15.6 Å². The summed E-state index contributed by atoms with van der Waals surface area (Å²) in [5, 5.41) is 16.8. The van der Waals surface area contributed by atoms with Crippen molar-refractivity contribution in [1.82, 2.24) is 10.6 Å². The Labute approximate surface area is 142 Å². The number of aliphatic imine (C=N–C) groups is 1. The standard InChI is InChI=1S/C16H35N3O3S/c1-7-10-16(20,11-8-2)13-19-14(17-9-3)18-12-15(4,5)23(6,21)22/h20H,7-13H2,1-6H3,(H2,17,18,19). The third-order valence-corrected chi connectivity index (χ3v) is 6.14. The third-order valence-electron chi connectivity index (χ3n) is 3.99. The Morgan fingerprint density at radius 2 is 1.61 bits per heavy atom. The van der Waals surface area contributed by atoms with Crippen molar-refractivity contribution >= 4 is 15.8 Å². The number of sulfone groups is 1. The molecule has 0 saturated heterocycles.